The molecule has 7 nitrogen and oxygen atoms in total. The lowest BCUT2D eigenvalue weighted by Crippen LogP contribution is -2.51. The van der Waals surface area contributed by atoms with Crippen LogP contribution in [0.1, 0.15) is 42.9 Å². The lowest BCUT2D eigenvalue weighted by molar-refractivity contribution is -0.148. The van der Waals surface area contributed by atoms with Crippen LogP contribution in [0.3, 0.4) is 0 Å². The minimum atomic E-state index is -0.765. The molecule has 0 aromatic carbocycles. The van der Waals surface area contributed by atoms with Crippen LogP contribution in [0.2, 0.25) is 5.15 Å². The number of rotatable bonds is 5. The lowest BCUT2D eigenvalue weighted by atomic mass is 9.61. The SMILES string of the molecule is O=C(O)[C@H]1C2CCC(CC2)[C@@H]1Nc1cc(-c2ccc(F)s2)nc(C2=CCc3ncc(Cl)nc32)n1. The Morgan fingerprint density at radius 1 is 1.15 bits per heavy atom. The van der Waals surface area contributed by atoms with E-state index in [0.717, 1.165) is 42.7 Å². The van der Waals surface area contributed by atoms with Crippen molar-refractivity contribution in [1.82, 2.24) is 19.9 Å². The molecule has 3 saturated carbocycles. The van der Waals surface area contributed by atoms with E-state index < -0.39 is 11.9 Å². The molecule has 0 saturated heterocycles. The zero-order valence-electron chi connectivity index (χ0n) is 18.0. The zero-order valence-corrected chi connectivity index (χ0v) is 19.6. The fourth-order valence-corrected chi connectivity index (χ4v) is 6.48. The van der Waals surface area contributed by atoms with Crippen molar-refractivity contribution >= 4 is 40.3 Å². The Morgan fingerprint density at radius 3 is 2.68 bits per heavy atom. The molecule has 2 bridgehead atoms. The molecule has 2 N–H and O–H groups in total. The van der Waals surface area contributed by atoms with E-state index in [4.69, 9.17) is 21.6 Å². The van der Waals surface area contributed by atoms with E-state index in [2.05, 4.69) is 15.3 Å². The van der Waals surface area contributed by atoms with Gasteiger partial charge >= 0.3 is 5.97 Å². The summed E-state index contributed by atoms with van der Waals surface area (Å²) in [6, 6.07) is 4.66. The molecule has 4 aliphatic rings. The molecule has 174 valence electrons. The molecule has 3 heterocycles. The Labute approximate surface area is 204 Å². The fraction of sp³-hybridized carbons (Fsp3) is 0.375. The van der Waals surface area contributed by atoms with Crippen LogP contribution >= 0.6 is 22.9 Å². The summed E-state index contributed by atoms with van der Waals surface area (Å²) < 4.78 is 13.8. The second-order valence-electron chi connectivity index (χ2n) is 9.08. The molecular weight excluding hydrogens is 477 g/mol. The zero-order chi connectivity index (χ0) is 23.4. The van der Waals surface area contributed by atoms with E-state index in [1.165, 1.54) is 12.3 Å². The number of thiophene rings is 1. The average Bonchev–Trinajstić information content (AvgIpc) is 3.45. The largest absolute Gasteiger partial charge is 0.481 e. The Hall–Kier alpha value is -2.91. The van der Waals surface area contributed by atoms with Crippen LogP contribution in [0.4, 0.5) is 10.2 Å². The number of aliphatic carboxylic acids is 1. The normalized spacial score (nSPS) is 25.2. The molecule has 0 radical (unpaired) electrons. The topological polar surface area (TPSA) is 101 Å². The Balaban J connectivity index is 1.42. The van der Waals surface area contributed by atoms with Crippen molar-refractivity contribution in [2.75, 3.05) is 5.32 Å². The van der Waals surface area contributed by atoms with Crippen molar-refractivity contribution in [1.29, 1.82) is 0 Å². The summed E-state index contributed by atoms with van der Waals surface area (Å²) in [5.41, 5.74) is 2.71. The van der Waals surface area contributed by atoms with Gasteiger partial charge in [-0.3, -0.25) is 9.78 Å². The predicted octanol–water partition coefficient (Wildman–Crippen LogP) is 5.08. The maximum Gasteiger partial charge on any atom is 0.308 e. The van der Waals surface area contributed by atoms with Gasteiger partial charge in [-0.15, -0.1) is 11.3 Å². The second kappa shape index (κ2) is 8.39. The number of hydrogen-bond acceptors (Lipinski definition) is 7. The third-order valence-electron chi connectivity index (χ3n) is 7.19. The summed E-state index contributed by atoms with van der Waals surface area (Å²) in [4.78, 5) is 31.1. The number of hydrogen-bond donors (Lipinski definition) is 2. The standard InChI is InChI=1S/C24H21ClFN5O2S/c25-17-10-27-14-6-5-13(22(14)29-17)23-28-15(16-7-8-18(26)34-16)9-19(31-23)30-21-12-3-1-11(2-4-12)20(21)24(32)33/h5,7-12,20-21H,1-4,6H2,(H,32,33)(H,28,30,31)/t11?,12?,20-,21-/m0/s1. The van der Waals surface area contributed by atoms with Crippen LogP contribution in [0.15, 0.2) is 30.5 Å². The molecule has 10 heteroatoms. The Kier molecular flexibility index (Phi) is 5.33. The number of nitrogens with zero attached hydrogens (tertiary/aromatic N) is 4. The van der Waals surface area contributed by atoms with Gasteiger partial charge in [0, 0.05) is 24.1 Å². The molecule has 0 unspecified atom stereocenters. The van der Waals surface area contributed by atoms with E-state index in [9.17, 15) is 14.3 Å². The molecule has 7 rings (SSSR count). The highest BCUT2D eigenvalue weighted by Crippen LogP contribution is 2.46. The summed E-state index contributed by atoms with van der Waals surface area (Å²) in [6.45, 7) is 0. The number of carbonyl (C=O) groups is 1. The lowest BCUT2D eigenvalue weighted by Gasteiger charge is -2.47. The molecule has 4 aliphatic carbocycles. The number of carboxylic acids is 1. The van der Waals surface area contributed by atoms with Crippen molar-refractivity contribution in [3.63, 3.8) is 0 Å². The average molecular weight is 498 g/mol. The molecule has 3 aromatic rings. The number of carboxylic acid groups (broad SMARTS) is 1. The monoisotopic (exact) mass is 497 g/mol. The number of aromatic nitrogens is 4. The summed E-state index contributed by atoms with van der Waals surface area (Å²) >= 11 is 7.10. The molecule has 0 aliphatic heterocycles. The van der Waals surface area contributed by atoms with Crippen LogP contribution in [0, 0.1) is 22.9 Å². The Morgan fingerprint density at radius 2 is 1.94 bits per heavy atom. The minimum absolute atomic E-state index is 0.175. The van der Waals surface area contributed by atoms with Gasteiger partial charge < -0.3 is 10.4 Å². The maximum atomic E-state index is 13.8. The van der Waals surface area contributed by atoms with Crippen molar-refractivity contribution in [2.24, 2.45) is 17.8 Å². The van der Waals surface area contributed by atoms with E-state index in [1.54, 1.807) is 12.1 Å². The quantitative estimate of drug-likeness (QED) is 0.507. The predicted molar refractivity (Wildman–Crippen MR) is 127 cm³/mol. The number of allylic oxidation sites excluding steroid dienone is 1. The molecule has 2 atom stereocenters. The third-order valence-corrected chi connectivity index (χ3v) is 8.26. The Bertz CT molecular complexity index is 1320. The highest BCUT2D eigenvalue weighted by Gasteiger charge is 2.47. The second-order valence-corrected chi connectivity index (χ2v) is 10.5. The van der Waals surface area contributed by atoms with Crippen molar-refractivity contribution < 1.29 is 14.3 Å². The summed E-state index contributed by atoms with van der Waals surface area (Å²) in [5.74, 6) is 0.194. The first-order valence-corrected chi connectivity index (χ1v) is 12.5. The summed E-state index contributed by atoms with van der Waals surface area (Å²) in [6.07, 6.45) is 8.00. The van der Waals surface area contributed by atoms with Gasteiger partial charge in [0.1, 0.15) is 11.0 Å². The first-order chi connectivity index (χ1) is 16.5. The molecule has 0 spiro atoms. The van der Waals surface area contributed by atoms with Crippen LogP contribution in [0.25, 0.3) is 16.1 Å². The van der Waals surface area contributed by atoms with E-state index in [1.807, 2.05) is 6.08 Å². The highest BCUT2D eigenvalue weighted by atomic mass is 35.5. The number of fused-ring (bicyclic) bond motifs is 4. The van der Waals surface area contributed by atoms with Crippen molar-refractivity contribution in [3.8, 4) is 10.6 Å². The first-order valence-electron chi connectivity index (χ1n) is 11.3. The van der Waals surface area contributed by atoms with E-state index in [-0.39, 0.29) is 28.2 Å². The fourth-order valence-electron chi connectivity index (χ4n) is 5.65. The third kappa shape index (κ3) is 3.76. The van der Waals surface area contributed by atoms with Crippen LogP contribution < -0.4 is 5.32 Å². The number of nitrogens with one attached hydrogen (secondary N) is 1. The van der Waals surface area contributed by atoms with E-state index >= 15 is 0 Å². The van der Waals surface area contributed by atoms with Crippen LogP contribution in [0.5, 0.6) is 0 Å². The van der Waals surface area contributed by atoms with Crippen LogP contribution in [-0.4, -0.2) is 37.1 Å². The van der Waals surface area contributed by atoms with Gasteiger partial charge in [-0.25, -0.2) is 15.0 Å². The maximum absolute atomic E-state index is 13.8. The number of anilines is 1. The minimum Gasteiger partial charge on any atom is -0.481 e. The van der Waals surface area contributed by atoms with Gasteiger partial charge in [-0.2, -0.15) is 4.39 Å². The van der Waals surface area contributed by atoms with Gasteiger partial charge in [0.15, 0.2) is 11.0 Å². The molecule has 3 aromatic heterocycles. The molecule has 3 fully saturated rings. The number of halogens is 2. The first kappa shape index (κ1) is 21.6. The molecule has 34 heavy (non-hydrogen) atoms. The molecule has 0 amide bonds. The van der Waals surface area contributed by atoms with Gasteiger partial charge in [0.25, 0.3) is 0 Å². The van der Waals surface area contributed by atoms with Gasteiger partial charge in [-0.05, 0) is 49.7 Å². The van der Waals surface area contributed by atoms with Gasteiger partial charge in [-0.1, -0.05) is 17.7 Å². The van der Waals surface area contributed by atoms with Gasteiger partial charge in [0.2, 0.25) is 0 Å². The van der Waals surface area contributed by atoms with Crippen LogP contribution in [-0.2, 0) is 11.2 Å². The van der Waals surface area contributed by atoms with Crippen molar-refractivity contribution in [2.45, 2.75) is 38.1 Å². The molecular formula is C24H21ClFN5O2S. The van der Waals surface area contributed by atoms with Gasteiger partial charge in [0.05, 0.1) is 34.1 Å². The van der Waals surface area contributed by atoms with Crippen molar-refractivity contribution in [3.05, 3.63) is 58.0 Å². The summed E-state index contributed by atoms with van der Waals surface area (Å²) in [5, 5.41) is 13.4. The smallest absolute Gasteiger partial charge is 0.308 e. The highest BCUT2D eigenvalue weighted by molar-refractivity contribution is 7.13. The van der Waals surface area contributed by atoms with E-state index in [0.29, 0.717) is 39.9 Å². The summed E-state index contributed by atoms with van der Waals surface area (Å²) in [7, 11) is 0.